The molecular weight excluding hydrogens is 194 g/mol. The fraction of sp³-hybridized carbons (Fsp3) is 0.667. The Balaban J connectivity index is 2.64. The topological polar surface area (TPSA) is 85.8 Å². The van der Waals surface area contributed by atoms with Crippen LogP contribution in [0.1, 0.15) is 25.6 Å². The van der Waals surface area contributed by atoms with Crippen molar-refractivity contribution < 1.29 is 4.79 Å². The van der Waals surface area contributed by atoms with Crippen LogP contribution in [0.4, 0.5) is 0 Å². The second-order valence-corrected chi connectivity index (χ2v) is 3.30. The summed E-state index contributed by atoms with van der Waals surface area (Å²) in [5.41, 5.74) is 6.21. The van der Waals surface area contributed by atoms with Crippen molar-refractivity contribution in [2.75, 3.05) is 13.1 Å². The minimum absolute atomic E-state index is 0.0540. The van der Waals surface area contributed by atoms with Crippen LogP contribution in [0, 0.1) is 0 Å². The molecule has 0 saturated heterocycles. The Morgan fingerprint density at radius 3 is 3.07 bits per heavy atom. The largest absolute Gasteiger partial charge is 0.355 e. The summed E-state index contributed by atoms with van der Waals surface area (Å²) in [5, 5.41) is 10.5. The van der Waals surface area contributed by atoms with E-state index in [1.165, 1.54) is 0 Å². The number of aromatic nitrogens is 3. The van der Waals surface area contributed by atoms with Crippen LogP contribution in [0.15, 0.2) is 6.20 Å². The molecule has 84 valence electrons. The van der Waals surface area contributed by atoms with Gasteiger partial charge in [-0.3, -0.25) is 4.79 Å². The smallest absolute Gasteiger partial charge is 0.244 e. The minimum atomic E-state index is -0.330. The highest BCUT2D eigenvalue weighted by Crippen LogP contribution is 2.04. The molecule has 1 amide bonds. The van der Waals surface area contributed by atoms with Crippen LogP contribution in [-0.4, -0.2) is 34.0 Å². The monoisotopic (exact) mass is 211 g/mol. The van der Waals surface area contributed by atoms with Gasteiger partial charge in [0.2, 0.25) is 5.91 Å². The normalized spacial score (nSPS) is 12.5. The van der Waals surface area contributed by atoms with Gasteiger partial charge in [-0.15, -0.1) is 5.10 Å². The molecule has 0 aliphatic carbocycles. The van der Waals surface area contributed by atoms with Crippen molar-refractivity contribution in [1.29, 1.82) is 0 Å². The van der Waals surface area contributed by atoms with Gasteiger partial charge in [0, 0.05) is 19.2 Å². The third-order valence-electron chi connectivity index (χ3n) is 2.09. The molecule has 6 heteroatoms. The number of hydrogen-bond acceptors (Lipinski definition) is 4. The predicted octanol–water partition coefficient (Wildman–Crippen LogP) is -0.524. The van der Waals surface area contributed by atoms with Crippen LogP contribution in [0.2, 0.25) is 0 Å². The average Bonchev–Trinajstić information content (AvgIpc) is 2.66. The standard InChI is InChI=1S/C9H17N5O/c1-3-11-9(15)7(2)14-6-8(4-5-10)12-13-14/h6-7H,3-5,10H2,1-2H3,(H,11,15). The maximum Gasteiger partial charge on any atom is 0.244 e. The van der Waals surface area contributed by atoms with Gasteiger partial charge in [0.1, 0.15) is 6.04 Å². The van der Waals surface area contributed by atoms with E-state index in [1.807, 2.05) is 6.92 Å². The number of hydrogen-bond donors (Lipinski definition) is 2. The van der Waals surface area contributed by atoms with Gasteiger partial charge in [-0.25, -0.2) is 4.68 Å². The number of nitrogens with one attached hydrogen (secondary N) is 1. The van der Waals surface area contributed by atoms with Gasteiger partial charge in [-0.2, -0.15) is 0 Å². The van der Waals surface area contributed by atoms with E-state index in [2.05, 4.69) is 15.6 Å². The maximum absolute atomic E-state index is 11.5. The highest BCUT2D eigenvalue weighted by Gasteiger charge is 2.15. The summed E-state index contributed by atoms with van der Waals surface area (Å²) >= 11 is 0. The molecule has 6 nitrogen and oxygen atoms in total. The lowest BCUT2D eigenvalue weighted by Gasteiger charge is -2.09. The highest BCUT2D eigenvalue weighted by atomic mass is 16.2. The lowest BCUT2D eigenvalue weighted by atomic mass is 10.3. The zero-order valence-electron chi connectivity index (χ0n) is 9.10. The zero-order valence-corrected chi connectivity index (χ0v) is 9.10. The molecule has 0 aliphatic rings. The van der Waals surface area contributed by atoms with Gasteiger partial charge in [0.15, 0.2) is 0 Å². The Hall–Kier alpha value is -1.43. The van der Waals surface area contributed by atoms with Crippen molar-refractivity contribution in [3.05, 3.63) is 11.9 Å². The summed E-state index contributed by atoms with van der Waals surface area (Å²) in [4.78, 5) is 11.5. The number of nitrogens with zero attached hydrogens (tertiary/aromatic N) is 3. The highest BCUT2D eigenvalue weighted by molar-refractivity contribution is 5.79. The first kappa shape index (κ1) is 11.6. The molecule has 0 radical (unpaired) electrons. The molecule has 1 atom stereocenters. The molecule has 0 spiro atoms. The summed E-state index contributed by atoms with van der Waals surface area (Å²) in [7, 11) is 0. The van der Waals surface area contributed by atoms with Crippen molar-refractivity contribution in [3.63, 3.8) is 0 Å². The average molecular weight is 211 g/mol. The third-order valence-corrected chi connectivity index (χ3v) is 2.09. The third kappa shape index (κ3) is 3.02. The van der Waals surface area contributed by atoms with Crippen molar-refractivity contribution in [2.45, 2.75) is 26.3 Å². The summed E-state index contributed by atoms with van der Waals surface area (Å²) in [6.45, 7) is 4.82. The van der Waals surface area contributed by atoms with Gasteiger partial charge in [-0.05, 0) is 20.4 Å². The Morgan fingerprint density at radius 1 is 1.73 bits per heavy atom. The van der Waals surface area contributed by atoms with E-state index < -0.39 is 0 Å². The van der Waals surface area contributed by atoms with E-state index in [9.17, 15) is 4.79 Å². The first-order chi connectivity index (χ1) is 7.19. The van der Waals surface area contributed by atoms with Gasteiger partial charge in [-0.1, -0.05) is 5.21 Å². The second kappa shape index (κ2) is 5.45. The van der Waals surface area contributed by atoms with Crippen LogP contribution in [0.25, 0.3) is 0 Å². The van der Waals surface area contributed by atoms with Crippen molar-refractivity contribution in [1.82, 2.24) is 20.3 Å². The first-order valence-corrected chi connectivity index (χ1v) is 5.07. The number of carbonyl (C=O) groups excluding carboxylic acids is 1. The Morgan fingerprint density at radius 2 is 2.47 bits per heavy atom. The fourth-order valence-electron chi connectivity index (χ4n) is 1.21. The van der Waals surface area contributed by atoms with E-state index in [0.717, 1.165) is 5.69 Å². The van der Waals surface area contributed by atoms with Crippen molar-refractivity contribution >= 4 is 5.91 Å². The first-order valence-electron chi connectivity index (χ1n) is 5.07. The van der Waals surface area contributed by atoms with Crippen LogP contribution in [0.5, 0.6) is 0 Å². The molecule has 0 bridgehead atoms. The lowest BCUT2D eigenvalue weighted by Crippen LogP contribution is -2.31. The molecule has 1 aromatic heterocycles. The molecule has 0 fully saturated rings. The quantitative estimate of drug-likeness (QED) is 0.686. The number of likely N-dealkylation sites (N-methyl/N-ethyl adjacent to an activating group) is 1. The molecule has 1 unspecified atom stereocenters. The van der Waals surface area contributed by atoms with Crippen LogP contribution in [0.3, 0.4) is 0 Å². The van der Waals surface area contributed by atoms with Crippen LogP contribution < -0.4 is 11.1 Å². The summed E-state index contributed by atoms with van der Waals surface area (Å²) in [6, 6.07) is -0.330. The number of amides is 1. The lowest BCUT2D eigenvalue weighted by molar-refractivity contribution is -0.124. The summed E-state index contributed by atoms with van der Waals surface area (Å²) < 4.78 is 1.55. The van der Waals surface area contributed by atoms with E-state index in [0.29, 0.717) is 19.5 Å². The summed E-state index contributed by atoms with van der Waals surface area (Å²) in [6.07, 6.45) is 2.44. The van der Waals surface area contributed by atoms with E-state index >= 15 is 0 Å². The fourth-order valence-corrected chi connectivity index (χ4v) is 1.21. The molecule has 0 saturated carbocycles. The molecule has 1 aromatic rings. The minimum Gasteiger partial charge on any atom is -0.355 e. The van der Waals surface area contributed by atoms with E-state index in [-0.39, 0.29) is 11.9 Å². The summed E-state index contributed by atoms with van der Waals surface area (Å²) in [5.74, 6) is -0.0540. The van der Waals surface area contributed by atoms with Crippen LogP contribution >= 0.6 is 0 Å². The molecule has 1 rings (SSSR count). The van der Waals surface area contributed by atoms with Crippen molar-refractivity contribution in [3.8, 4) is 0 Å². The molecule has 1 heterocycles. The van der Waals surface area contributed by atoms with Gasteiger partial charge < -0.3 is 11.1 Å². The molecule has 0 aromatic carbocycles. The van der Waals surface area contributed by atoms with Crippen molar-refractivity contribution in [2.24, 2.45) is 5.73 Å². The molecular formula is C9H17N5O. The predicted molar refractivity (Wildman–Crippen MR) is 56.2 cm³/mol. The molecule has 3 N–H and O–H groups in total. The van der Waals surface area contributed by atoms with Crippen LogP contribution in [-0.2, 0) is 11.2 Å². The van der Waals surface area contributed by atoms with Gasteiger partial charge >= 0.3 is 0 Å². The van der Waals surface area contributed by atoms with E-state index in [4.69, 9.17) is 5.73 Å². The van der Waals surface area contributed by atoms with E-state index in [1.54, 1.807) is 17.8 Å². The van der Waals surface area contributed by atoms with Gasteiger partial charge in [0.05, 0.1) is 5.69 Å². The SMILES string of the molecule is CCNC(=O)C(C)n1cc(CCN)nn1. The Labute approximate surface area is 88.8 Å². The zero-order chi connectivity index (χ0) is 11.3. The second-order valence-electron chi connectivity index (χ2n) is 3.30. The Kier molecular flexibility index (Phi) is 4.23. The van der Waals surface area contributed by atoms with Gasteiger partial charge in [0.25, 0.3) is 0 Å². The number of nitrogens with two attached hydrogens (primary N) is 1. The molecule has 0 aliphatic heterocycles. The molecule has 15 heavy (non-hydrogen) atoms. The number of carbonyl (C=O) groups is 1. The number of rotatable bonds is 5. The Bertz CT molecular complexity index is 322. The maximum atomic E-state index is 11.5.